The molecule has 5 heteroatoms. The maximum atomic E-state index is 9.99. The second-order valence-electron chi connectivity index (χ2n) is 5.83. The number of hydrogen-bond acceptors (Lipinski definition) is 3. The van der Waals surface area contributed by atoms with E-state index in [1.165, 1.54) is 11.1 Å². The van der Waals surface area contributed by atoms with Crippen LogP contribution >= 0.6 is 23.2 Å². The Morgan fingerprint density at radius 3 is 2.57 bits per heavy atom. The molecule has 0 bridgehead atoms. The Labute approximate surface area is 144 Å². The zero-order chi connectivity index (χ0) is 16.0. The number of rotatable bonds is 2. The summed E-state index contributed by atoms with van der Waals surface area (Å²) in [6.45, 7) is 2.42. The van der Waals surface area contributed by atoms with Gasteiger partial charge >= 0.3 is 0 Å². The third-order valence-corrected chi connectivity index (χ3v) is 4.96. The van der Waals surface area contributed by atoms with Gasteiger partial charge in [0.25, 0.3) is 0 Å². The molecule has 3 nitrogen and oxygen atoms in total. The summed E-state index contributed by atoms with van der Waals surface area (Å²) in [5, 5.41) is 12.2. The van der Waals surface area contributed by atoms with Gasteiger partial charge in [-0.2, -0.15) is 0 Å². The average Bonchev–Trinajstić information content (AvgIpc) is 2.54. The number of aromatic hydroxyl groups is 1. The van der Waals surface area contributed by atoms with Gasteiger partial charge in [0.2, 0.25) is 0 Å². The van der Waals surface area contributed by atoms with Gasteiger partial charge < -0.3 is 5.11 Å². The summed E-state index contributed by atoms with van der Waals surface area (Å²) in [6, 6.07) is 11.5. The molecular formula is C18H14Cl2N2O. The molecule has 1 aliphatic heterocycles. The van der Waals surface area contributed by atoms with E-state index in [9.17, 15) is 5.11 Å². The van der Waals surface area contributed by atoms with Crippen LogP contribution in [0.1, 0.15) is 16.7 Å². The maximum Gasteiger partial charge on any atom is 0.141 e. The van der Waals surface area contributed by atoms with Gasteiger partial charge in [0, 0.05) is 31.2 Å². The lowest BCUT2D eigenvalue weighted by molar-refractivity contribution is 0.243. The van der Waals surface area contributed by atoms with E-state index in [1.807, 2.05) is 30.3 Å². The van der Waals surface area contributed by atoms with Crippen LogP contribution in [0.2, 0.25) is 10.0 Å². The van der Waals surface area contributed by atoms with Crippen LogP contribution in [0.5, 0.6) is 5.75 Å². The monoisotopic (exact) mass is 344 g/mol. The third kappa shape index (κ3) is 2.65. The van der Waals surface area contributed by atoms with Crippen molar-refractivity contribution in [1.82, 2.24) is 9.88 Å². The van der Waals surface area contributed by atoms with E-state index in [0.29, 0.717) is 15.6 Å². The first-order valence-electron chi connectivity index (χ1n) is 7.36. The molecule has 2 aromatic carbocycles. The summed E-state index contributed by atoms with van der Waals surface area (Å²) in [5.41, 5.74) is 4.19. The number of nitrogens with zero attached hydrogens (tertiary/aromatic N) is 2. The molecule has 0 aliphatic carbocycles. The molecule has 0 radical (unpaired) electrons. The summed E-state index contributed by atoms with van der Waals surface area (Å²) >= 11 is 12.1. The first kappa shape index (κ1) is 14.8. The molecule has 1 aromatic heterocycles. The predicted molar refractivity (Wildman–Crippen MR) is 92.8 cm³/mol. The number of pyridine rings is 1. The Bertz CT molecular complexity index is 899. The van der Waals surface area contributed by atoms with Gasteiger partial charge in [0.05, 0.1) is 10.0 Å². The minimum Gasteiger partial charge on any atom is -0.506 e. The molecule has 0 fully saturated rings. The highest BCUT2D eigenvalue weighted by Gasteiger charge is 2.20. The Morgan fingerprint density at radius 2 is 1.78 bits per heavy atom. The molecule has 1 aliphatic rings. The molecule has 0 saturated heterocycles. The van der Waals surface area contributed by atoms with Crippen LogP contribution in [-0.2, 0) is 19.6 Å². The van der Waals surface area contributed by atoms with Crippen molar-refractivity contribution in [1.29, 1.82) is 0 Å². The highest BCUT2D eigenvalue weighted by molar-refractivity contribution is 6.42. The lowest BCUT2D eigenvalue weighted by atomic mass is 9.97. The lowest BCUT2D eigenvalue weighted by Crippen LogP contribution is -2.26. The highest BCUT2D eigenvalue weighted by atomic mass is 35.5. The van der Waals surface area contributed by atoms with Gasteiger partial charge in [-0.3, -0.25) is 9.88 Å². The lowest BCUT2D eigenvalue weighted by Gasteiger charge is -2.29. The standard InChI is InChI=1S/C18H14Cl2N2O/c19-14-3-1-11(7-15(14)20)8-22-9-12-2-4-16(23)18-17(12)13(10-22)5-6-21-18/h1-7,23H,8-10H2. The Balaban J connectivity index is 1.67. The minimum absolute atomic E-state index is 0.239. The fraction of sp³-hybridized carbons (Fsp3) is 0.167. The molecule has 3 aromatic rings. The highest BCUT2D eigenvalue weighted by Crippen LogP contribution is 2.34. The fourth-order valence-corrected chi connectivity index (χ4v) is 3.53. The topological polar surface area (TPSA) is 36.4 Å². The van der Waals surface area contributed by atoms with Gasteiger partial charge in [-0.25, -0.2) is 0 Å². The van der Waals surface area contributed by atoms with Crippen molar-refractivity contribution in [3.63, 3.8) is 0 Å². The summed E-state index contributed by atoms with van der Waals surface area (Å²) in [5.74, 6) is 0.239. The van der Waals surface area contributed by atoms with E-state index < -0.39 is 0 Å². The molecule has 0 saturated carbocycles. The first-order valence-corrected chi connectivity index (χ1v) is 8.12. The first-order chi connectivity index (χ1) is 11.1. The molecule has 0 atom stereocenters. The number of halogens is 2. The molecule has 0 amide bonds. The molecule has 0 spiro atoms. The Hall–Kier alpha value is -1.81. The summed E-state index contributed by atoms with van der Waals surface area (Å²) < 4.78 is 0. The molecule has 2 heterocycles. The van der Waals surface area contributed by atoms with Crippen LogP contribution in [0.15, 0.2) is 42.6 Å². The van der Waals surface area contributed by atoms with Crippen LogP contribution in [0.4, 0.5) is 0 Å². The van der Waals surface area contributed by atoms with Crippen LogP contribution in [0.25, 0.3) is 10.9 Å². The van der Waals surface area contributed by atoms with Crippen molar-refractivity contribution >= 4 is 34.1 Å². The van der Waals surface area contributed by atoms with Crippen LogP contribution < -0.4 is 0 Å². The molecule has 4 rings (SSSR count). The van der Waals surface area contributed by atoms with E-state index >= 15 is 0 Å². The van der Waals surface area contributed by atoms with Gasteiger partial charge in [-0.05, 0) is 41.0 Å². The van der Waals surface area contributed by atoms with E-state index in [2.05, 4.69) is 9.88 Å². The molecule has 1 N–H and O–H groups in total. The number of phenolic OH excluding ortho intramolecular Hbond substituents is 1. The van der Waals surface area contributed by atoms with Crippen molar-refractivity contribution in [2.75, 3.05) is 0 Å². The van der Waals surface area contributed by atoms with Crippen molar-refractivity contribution in [3.8, 4) is 5.75 Å². The van der Waals surface area contributed by atoms with Gasteiger partial charge in [-0.1, -0.05) is 35.3 Å². The smallest absolute Gasteiger partial charge is 0.141 e. The second kappa shape index (κ2) is 5.68. The summed E-state index contributed by atoms with van der Waals surface area (Å²) in [6.07, 6.45) is 1.75. The van der Waals surface area contributed by atoms with Crippen LogP contribution in [-0.4, -0.2) is 15.0 Å². The van der Waals surface area contributed by atoms with Crippen molar-refractivity contribution in [2.45, 2.75) is 19.6 Å². The maximum absolute atomic E-state index is 9.99. The van der Waals surface area contributed by atoms with Gasteiger partial charge in [0.15, 0.2) is 0 Å². The van der Waals surface area contributed by atoms with E-state index in [4.69, 9.17) is 23.2 Å². The summed E-state index contributed by atoms with van der Waals surface area (Å²) in [4.78, 5) is 6.65. The fourth-order valence-electron chi connectivity index (χ4n) is 3.21. The van der Waals surface area contributed by atoms with Crippen LogP contribution in [0.3, 0.4) is 0 Å². The SMILES string of the molecule is Oc1ccc2c3c(ccnc13)CN(Cc1ccc(Cl)c(Cl)c1)C2. The zero-order valence-electron chi connectivity index (χ0n) is 12.3. The second-order valence-corrected chi connectivity index (χ2v) is 6.65. The number of hydrogen-bond donors (Lipinski definition) is 1. The molecule has 0 unspecified atom stereocenters. The minimum atomic E-state index is 0.239. The normalized spacial score (nSPS) is 14.3. The van der Waals surface area contributed by atoms with E-state index in [0.717, 1.165) is 30.6 Å². The van der Waals surface area contributed by atoms with E-state index in [1.54, 1.807) is 12.3 Å². The molecule has 23 heavy (non-hydrogen) atoms. The number of phenols is 1. The number of aromatic nitrogens is 1. The zero-order valence-corrected chi connectivity index (χ0v) is 13.8. The Morgan fingerprint density at radius 1 is 1.00 bits per heavy atom. The molecule has 116 valence electrons. The third-order valence-electron chi connectivity index (χ3n) is 4.22. The quantitative estimate of drug-likeness (QED) is 0.727. The van der Waals surface area contributed by atoms with Crippen molar-refractivity contribution in [3.05, 3.63) is 69.3 Å². The van der Waals surface area contributed by atoms with Gasteiger partial charge in [-0.15, -0.1) is 0 Å². The van der Waals surface area contributed by atoms with Crippen LogP contribution in [0, 0.1) is 0 Å². The summed E-state index contributed by atoms with van der Waals surface area (Å²) in [7, 11) is 0. The number of benzene rings is 2. The van der Waals surface area contributed by atoms with Crippen molar-refractivity contribution in [2.24, 2.45) is 0 Å². The average molecular weight is 345 g/mol. The predicted octanol–water partition coefficient (Wildman–Crippen LogP) is 4.76. The molecular weight excluding hydrogens is 331 g/mol. The van der Waals surface area contributed by atoms with E-state index in [-0.39, 0.29) is 5.75 Å². The van der Waals surface area contributed by atoms with Gasteiger partial charge in [0.1, 0.15) is 11.3 Å². The van der Waals surface area contributed by atoms with Crippen molar-refractivity contribution < 1.29 is 5.11 Å². The Kier molecular flexibility index (Phi) is 3.64. The largest absolute Gasteiger partial charge is 0.506 e.